The first-order valence-electron chi connectivity index (χ1n) is 7.83. The van der Waals surface area contributed by atoms with Gasteiger partial charge in [0.25, 0.3) is 0 Å². The lowest BCUT2D eigenvalue weighted by molar-refractivity contribution is 0.105. The third-order valence-electron chi connectivity index (χ3n) is 4.24. The van der Waals surface area contributed by atoms with Crippen LogP contribution in [-0.2, 0) is 15.6 Å². The second kappa shape index (κ2) is 8.20. The zero-order chi connectivity index (χ0) is 16.8. The van der Waals surface area contributed by atoms with Crippen LogP contribution in [0.1, 0.15) is 26.3 Å². The predicted molar refractivity (Wildman–Crippen MR) is 92.0 cm³/mol. The molecule has 0 saturated heterocycles. The van der Waals surface area contributed by atoms with Crippen LogP contribution in [0.4, 0.5) is 4.39 Å². The van der Waals surface area contributed by atoms with Crippen molar-refractivity contribution in [3.63, 3.8) is 0 Å². The van der Waals surface area contributed by atoms with Gasteiger partial charge in [-0.1, -0.05) is 32.9 Å². The van der Waals surface area contributed by atoms with Crippen molar-refractivity contribution in [1.29, 1.82) is 0 Å². The van der Waals surface area contributed by atoms with E-state index in [0.717, 1.165) is 12.0 Å². The molecular formula is C17H30FNO2Si. The summed E-state index contributed by atoms with van der Waals surface area (Å²) in [7, 11) is -1.74. The Morgan fingerprint density at radius 3 is 2.27 bits per heavy atom. The van der Waals surface area contributed by atoms with Crippen LogP contribution in [0.3, 0.4) is 0 Å². The van der Waals surface area contributed by atoms with Gasteiger partial charge in [0.2, 0.25) is 0 Å². The molecule has 126 valence electrons. The Kier molecular flexibility index (Phi) is 7.19. The standard InChI is InChI=1S/C17H30FNO2Si/c1-17(2,3)22(4,5)21-13-16(19)12-20-11-10-14-6-8-15(18)9-7-14/h6-9,16H,10-13,19H2,1-5H3/t16-/m1/s1. The maximum absolute atomic E-state index is 12.8. The Hall–Kier alpha value is -0.753. The number of ether oxygens (including phenoxy) is 1. The molecule has 0 aliphatic heterocycles. The summed E-state index contributed by atoms with van der Waals surface area (Å²) in [6.07, 6.45) is 0.760. The summed E-state index contributed by atoms with van der Waals surface area (Å²) in [6, 6.07) is 6.38. The zero-order valence-electron chi connectivity index (χ0n) is 14.5. The van der Waals surface area contributed by atoms with Crippen molar-refractivity contribution in [3.8, 4) is 0 Å². The fraction of sp³-hybridized carbons (Fsp3) is 0.647. The molecule has 1 aromatic carbocycles. The van der Waals surface area contributed by atoms with E-state index in [2.05, 4.69) is 33.9 Å². The van der Waals surface area contributed by atoms with E-state index in [1.807, 2.05) is 0 Å². The molecule has 1 atom stereocenters. The molecule has 0 aromatic heterocycles. The number of nitrogens with two attached hydrogens (primary N) is 1. The highest BCUT2D eigenvalue weighted by Gasteiger charge is 2.37. The SMILES string of the molecule is CC(C)(C)[Si](C)(C)OC[C@H](N)COCCc1ccc(F)cc1. The Bertz CT molecular complexity index is 443. The van der Waals surface area contributed by atoms with Crippen molar-refractivity contribution in [2.75, 3.05) is 19.8 Å². The molecule has 1 rings (SSSR count). The molecule has 0 bridgehead atoms. The third kappa shape index (κ3) is 6.56. The largest absolute Gasteiger partial charge is 0.415 e. The van der Waals surface area contributed by atoms with Crippen molar-refractivity contribution < 1.29 is 13.6 Å². The van der Waals surface area contributed by atoms with Crippen LogP contribution in [0.2, 0.25) is 18.1 Å². The van der Waals surface area contributed by atoms with Crippen LogP contribution < -0.4 is 5.73 Å². The van der Waals surface area contributed by atoms with Crippen LogP contribution in [0.25, 0.3) is 0 Å². The molecule has 0 saturated carbocycles. The maximum atomic E-state index is 12.8. The van der Waals surface area contributed by atoms with Crippen molar-refractivity contribution in [2.45, 2.75) is 51.4 Å². The lowest BCUT2D eigenvalue weighted by Crippen LogP contribution is -2.45. The average molecular weight is 328 g/mol. The molecule has 3 nitrogen and oxygen atoms in total. The van der Waals surface area contributed by atoms with E-state index >= 15 is 0 Å². The molecule has 0 aliphatic carbocycles. The number of benzene rings is 1. The summed E-state index contributed by atoms with van der Waals surface area (Å²) in [5, 5.41) is 0.191. The summed E-state index contributed by atoms with van der Waals surface area (Å²) in [4.78, 5) is 0. The topological polar surface area (TPSA) is 44.5 Å². The fourth-order valence-electron chi connectivity index (χ4n) is 1.66. The summed E-state index contributed by atoms with van der Waals surface area (Å²) < 4.78 is 24.5. The van der Waals surface area contributed by atoms with Crippen LogP contribution in [0.5, 0.6) is 0 Å². The second-order valence-electron chi connectivity index (χ2n) is 7.28. The molecule has 22 heavy (non-hydrogen) atoms. The first-order chi connectivity index (χ1) is 10.1. The summed E-state index contributed by atoms with van der Waals surface area (Å²) in [5.41, 5.74) is 7.11. The number of rotatable bonds is 8. The Labute approximate surface area is 135 Å². The maximum Gasteiger partial charge on any atom is 0.192 e. The lowest BCUT2D eigenvalue weighted by atomic mass is 10.2. The van der Waals surface area contributed by atoms with Crippen LogP contribution >= 0.6 is 0 Å². The summed E-state index contributed by atoms with van der Waals surface area (Å²) in [6.45, 7) is 12.7. The van der Waals surface area contributed by atoms with Crippen LogP contribution in [0, 0.1) is 5.82 Å². The van der Waals surface area contributed by atoms with Gasteiger partial charge in [-0.05, 0) is 42.2 Å². The Morgan fingerprint density at radius 1 is 1.14 bits per heavy atom. The van der Waals surface area contributed by atoms with Crippen molar-refractivity contribution in [3.05, 3.63) is 35.6 Å². The fourth-order valence-corrected chi connectivity index (χ4v) is 2.72. The molecule has 0 heterocycles. The number of halogens is 1. The van der Waals surface area contributed by atoms with Gasteiger partial charge < -0.3 is 14.9 Å². The molecule has 1 aromatic rings. The minimum absolute atomic E-state index is 0.109. The van der Waals surface area contributed by atoms with Gasteiger partial charge in [0.05, 0.1) is 25.9 Å². The summed E-state index contributed by atoms with van der Waals surface area (Å²) >= 11 is 0. The van der Waals surface area contributed by atoms with Crippen LogP contribution in [-0.4, -0.2) is 34.2 Å². The summed E-state index contributed by atoms with van der Waals surface area (Å²) in [5.74, 6) is -0.213. The van der Waals surface area contributed by atoms with Gasteiger partial charge in [-0.3, -0.25) is 0 Å². The van der Waals surface area contributed by atoms with Gasteiger partial charge in [-0.15, -0.1) is 0 Å². The highest BCUT2D eigenvalue weighted by molar-refractivity contribution is 6.74. The first-order valence-corrected chi connectivity index (χ1v) is 10.7. The molecular weight excluding hydrogens is 297 g/mol. The smallest absolute Gasteiger partial charge is 0.192 e. The second-order valence-corrected chi connectivity index (χ2v) is 12.1. The highest BCUT2D eigenvalue weighted by Crippen LogP contribution is 2.36. The average Bonchev–Trinajstić information content (AvgIpc) is 2.42. The van der Waals surface area contributed by atoms with Gasteiger partial charge >= 0.3 is 0 Å². The number of hydrogen-bond donors (Lipinski definition) is 1. The van der Waals surface area contributed by atoms with Crippen molar-refractivity contribution in [2.24, 2.45) is 5.73 Å². The molecule has 0 fully saturated rings. The highest BCUT2D eigenvalue weighted by atomic mass is 28.4. The zero-order valence-corrected chi connectivity index (χ0v) is 15.5. The number of hydrogen-bond acceptors (Lipinski definition) is 3. The molecule has 0 aliphatic rings. The van der Waals surface area contributed by atoms with Gasteiger partial charge in [0, 0.05) is 0 Å². The third-order valence-corrected chi connectivity index (χ3v) is 8.75. The van der Waals surface area contributed by atoms with E-state index in [1.54, 1.807) is 12.1 Å². The molecule has 0 amide bonds. The lowest BCUT2D eigenvalue weighted by Gasteiger charge is -2.36. The van der Waals surface area contributed by atoms with Gasteiger partial charge in [-0.2, -0.15) is 0 Å². The quantitative estimate of drug-likeness (QED) is 0.584. The van der Waals surface area contributed by atoms with E-state index in [0.29, 0.717) is 19.8 Å². The minimum Gasteiger partial charge on any atom is -0.415 e. The van der Waals surface area contributed by atoms with Crippen molar-refractivity contribution in [1.82, 2.24) is 0 Å². The van der Waals surface area contributed by atoms with Gasteiger partial charge in [-0.25, -0.2) is 4.39 Å². The predicted octanol–water partition coefficient (Wildman–Crippen LogP) is 3.73. The molecule has 2 N–H and O–H groups in total. The van der Waals surface area contributed by atoms with E-state index in [9.17, 15) is 4.39 Å². The molecule has 5 heteroatoms. The normalized spacial score (nSPS) is 14.1. The monoisotopic (exact) mass is 327 g/mol. The van der Waals surface area contributed by atoms with E-state index in [-0.39, 0.29) is 16.9 Å². The van der Waals surface area contributed by atoms with Gasteiger partial charge in [0.15, 0.2) is 8.32 Å². The van der Waals surface area contributed by atoms with E-state index < -0.39 is 8.32 Å². The van der Waals surface area contributed by atoms with Crippen LogP contribution in [0.15, 0.2) is 24.3 Å². The van der Waals surface area contributed by atoms with E-state index in [4.69, 9.17) is 14.9 Å². The Morgan fingerprint density at radius 2 is 1.73 bits per heavy atom. The van der Waals surface area contributed by atoms with E-state index in [1.165, 1.54) is 12.1 Å². The molecule has 0 unspecified atom stereocenters. The van der Waals surface area contributed by atoms with Crippen molar-refractivity contribution >= 4 is 8.32 Å². The Balaban J connectivity index is 2.21. The van der Waals surface area contributed by atoms with Gasteiger partial charge in [0.1, 0.15) is 5.82 Å². The molecule has 0 spiro atoms. The first kappa shape index (κ1) is 19.3. The molecule has 0 radical (unpaired) electrons. The minimum atomic E-state index is -1.74.